The standard InChI is InChI=1S/C20H16O4/c1-13(21)17-11-10-15-4-2-3-5-18(15)19(17)24-12-14-6-8-16(9-7-14)20(22)23/h2-11H,12H2,1H3,(H,22,23). The van der Waals surface area contributed by atoms with Crippen molar-refractivity contribution in [2.75, 3.05) is 0 Å². The lowest BCUT2D eigenvalue weighted by Gasteiger charge is -2.13. The lowest BCUT2D eigenvalue weighted by molar-refractivity contribution is 0.0696. The van der Waals surface area contributed by atoms with E-state index in [9.17, 15) is 9.59 Å². The van der Waals surface area contributed by atoms with Gasteiger partial charge in [-0.15, -0.1) is 0 Å². The van der Waals surface area contributed by atoms with E-state index >= 15 is 0 Å². The highest BCUT2D eigenvalue weighted by Crippen LogP contribution is 2.31. The van der Waals surface area contributed by atoms with Gasteiger partial charge >= 0.3 is 5.97 Å². The van der Waals surface area contributed by atoms with Gasteiger partial charge in [-0.05, 0) is 36.1 Å². The molecule has 1 N–H and O–H groups in total. The number of hydrogen-bond acceptors (Lipinski definition) is 3. The maximum atomic E-state index is 11.9. The largest absolute Gasteiger partial charge is 0.487 e. The number of Topliss-reactive ketones (excluding diaryl/α,β-unsaturated/α-hetero) is 1. The molecule has 0 spiro atoms. The molecule has 3 aromatic carbocycles. The van der Waals surface area contributed by atoms with Crippen LogP contribution in [0.15, 0.2) is 60.7 Å². The summed E-state index contributed by atoms with van der Waals surface area (Å²) in [7, 11) is 0. The fourth-order valence-corrected chi connectivity index (χ4v) is 2.57. The van der Waals surface area contributed by atoms with E-state index in [1.165, 1.54) is 19.1 Å². The number of fused-ring (bicyclic) bond motifs is 1. The number of carbonyl (C=O) groups is 2. The van der Waals surface area contributed by atoms with Gasteiger partial charge in [0.05, 0.1) is 11.1 Å². The lowest BCUT2D eigenvalue weighted by Crippen LogP contribution is -2.03. The van der Waals surface area contributed by atoms with Gasteiger partial charge < -0.3 is 9.84 Å². The number of ether oxygens (including phenoxy) is 1. The summed E-state index contributed by atoms with van der Waals surface area (Å²) in [5.41, 5.74) is 1.60. The molecule has 0 saturated carbocycles. The van der Waals surface area contributed by atoms with Crippen LogP contribution in [0.3, 0.4) is 0 Å². The number of carboxylic acids is 1. The average Bonchev–Trinajstić information content (AvgIpc) is 2.59. The van der Waals surface area contributed by atoms with E-state index in [-0.39, 0.29) is 18.0 Å². The first-order valence-electron chi connectivity index (χ1n) is 7.54. The highest BCUT2D eigenvalue weighted by Gasteiger charge is 2.13. The molecule has 0 saturated heterocycles. The molecule has 0 heterocycles. The summed E-state index contributed by atoms with van der Waals surface area (Å²) in [4.78, 5) is 22.8. The van der Waals surface area contributed by atoms with Gasteiger partial charge in [0.15, 0.2) is 5.78 Å². The van der Waals surface area contributed by atoms with Crippen LogP contribution in [0.4, 0.5) is 0 Å². The van der Waals surface area contributed by atoms with Gasteiger partial charge in [-0.25, -0.2) is 4.79 Å². The molecule has 3 aromatic rings. The number of ketones is 1. The Balaban J connectivity index is 1.92. The summed E-state index contributed by atoms with van der Waals surface area (Å²) in [6, 6.07) is 17.9. The van der Waals surface area contributed by atoms with Crippen molar-refractivity contribution in [2.45, 2.75) is 13.5 Å². The van der Waals surface area contributed by atoms with E-state index in [0.29, 0.717) is 11.3 Å². The second-order valence-corrected chi connectivity index (χ2v) is 5.51. The molecule has 0 aromatic heterocycles. The summed E-state index contributed by atoms with van der Waals surface area (Å²) in [5, 5.41) is 10.8. The summed E-state index contributed by atoms with van der Waals surface area (Å²) in [6.07, 6.45) is 0. The quantitative estimate of drug-likeness (QED) is 0.711. The Kier molecular flexibility index (Phi) is 4.29. The molecule has 120 valence electrons. The molecule has 24 heavy (non-hydrogen) atoms. The van der Waals surface area contributed by atoms with E-state index in [2.05, 4.69) is 0 Å². The van der Waals surface area contributed by atoms with Gasteiger partial charge in [-0.3, -0.25) is 4.79 Å². The highest BCUT2D eigenvalue weighted by atomic mass is 16.5. The summed E-state index contributed by atoms with van der Waals surface area (Å²) >= 11 is 0. The molecule has 3 rings (SSSR count). The summed E-state index contributed by atoms with van der Waals surface area (Å²) in [5.74, 6) is -0.463. The number of carbonyl (C=O) groups excluding carboxylic acids is 1. The van der Waals surface area contributed by atoms with Crippen LogP contribution in [0.25, 0.3) is 10.8 Å². The molecule has 0 bridgehead atoms. The maximum absolute atomic E-state index is 11.9. The fraction of sp³-hybridized carbons (Fsp3) is 0.100. The predicted molar refractivity (Wildman–Crippen MR) is 91.7 cm³/mol. The van der Waals surface area contributed by atoms with Crippen LogP contribution in [0.5, 0.6) is 5.75 Å². The van der Waals surface area contributed by atoms with Gasteiger partial charge in [0.2, 0.25) is 0 Å². The smallest absolute Gasteiger partial charge is 0.335 e. The molecular weight excluding hydrogens is 304 g/mol. The van der Waals surface area contributed by atoms with Gasteiger partial charge in [0, 0.05) is 5.39 Å². The topological polar surface area (TPSA) is 63.6 Å². The number of rotatable bonds is 5. The Labute approximate surface area is 139 Å². The monoisotopic (exact) mass is 320 g/mol. The first-order chi connectivity index (χ1) is 11.6. The molecule has 0 radical (unpaired) electrons. The lowest BCUT2D eigenvalue weighted by atomic mass is 10.0. The molecular formula is C20H16O4. The fourth-order valence-electron chi connectivity index (χ4n) is 2.57. The third-order valence-electron chi connectivity index (χ3n) is 3.84. The van der Waals surface area contributed by atoms with E-state index < -0.39 is 5.97 Å². The number of carboxylic acid groups (broad SMARTS) is 1. The number of aromatic carboxylic acids is 1. The molecule has 4 heteroatoms. The zero-order valence-corrected chi connectivity index (χ0v) is 13.2. The first-order valence-corrected chi connectivity index (χ1v) is 7.54. The van der Waals surface area contributed by atoms with Gasteiger partial charge in [-0.2, -0.15) is 0 Å². The van der Waals surface area contributed by atoms with E-state index in [1.807, 2.05) is 30.3 Å². The summed E-state index contributed by atoms with van der Waals surface area (Å²) in [6.45, 7) is 1.77. The van der Waals surface area contributed by atoms with Crippen LogP contribution in [0, 0.1) is 0 Å². The van der Waals surface area contributed by atoms with Crippen LogP contribution in [-0.2, 0) is 6.61 Å². The molecule has 0 fully saturated rings. The third-order valence-corrected chi connectivity index (χ3v) is 3.84. The normalized spacial score (nSPS) is 10.5. The highest BCUT2D eigenvalue weighted by molar-refractivity contribution is 6.03. The van der Waals surface area contributed by atoms with Crippen molar-refractivity contribution in [3.63, 3.8) is 0 Å². The Hall–Kier alpha value is -3.14. The molecule has 0 amide bonds. The van der Waals surface area contributed by atoms with Crippen molar-refractivity contribution < 1.29 is 19.4 Å². The number of benzene rings is 3. The van der Waals surface area contributed by atoms with Crippen molar-refractivity contribution in [1.29, 1.82) is 0 Å². The molecule has 0 aliphatic rings. The minimum Gasteiger partial charge on any atom is -0.487 e. The van der Waals surface area contributed by atoms with Crippen molar-refractivity contribution in [3.05, 3.63) is 77.4 Å². The van der Waals surface area contributed by atoms with E-state index in [1.54, 1.807) is 18.2 Å². The Bertz CT molecular complexity index is 911. The SMILES string of the molecule is CC(=O)c1ccc2ccccc2c1OCc1ccc(C(=O)O)cc1. The minimum absolute atomic E-state index is 0.0584. The molecule has 4 nitrogen and oxygen atoms in total. The Morgan fingerprint density at radius 3 is 2.33 bits per heavy atom. The maximum Gasteiger partial charge on any atom is 0.335 e. The van der Waals surface area contributed by atoms with Crippen LogP contribution in [-0.4, -0.2) is 16.9 Å². The Morgan fingerprint density at radius 1 is 0.958 bits per heavy atom. The Morgan fingerprint density at radius 2 is 1.67 bits per heavy atom. The zero-order valence-electron chi connectivity index (χ0n) is 13.2. The predicted octanol–water partition coefficient (Wildman–Crippen LogP) is 4.32. The molecule has 0 atom stereocenters. The molecule has 0 aliphatic heterocycles. The first kappa shape index (κ1) is 15.7. The second kappa shape index (κ2) is 6.54. The average molecular weight is 320 g/mol. The number of hydrogen-bond donors (Lipinski definition) is 1. The van der Waals surface area contributed by atoms with Crippen LogP contribution in [0.2, 0.25) is 0 Å². The van der Waals surface area contributed by atoms with Crippen LogP contribution < -0.4 is 4.74 Å². The second-order valence-electron chi connectivity index (χ2n) is 5.51. The minimum atomic E-state index is -0.963. The van der Waals surface area contributed by atoms with Crippen molar-refractivity contribution in [1.82, 2.24) is 0 Å². The van der Waals surface area contributed by atoms with Crippen LogP contribution in [0.1, 0.15) is 33.2 Å². The molecule has 0 unspecified atom stereocenters. The van der Waals surface area contributed by atoms with Gasteiger partial charge in [0.1, 0.15) is 12.4 Å². The van der Waals surface area contributed by atoms with Gasteiger partial charge in [0.25, 0.3) is 0 Å². The van der Waals surface area contributed by atoms with Crippen molar-refractivity contribution in [3.8, 4) is 5.75 Å². The van der Waals surface area contributed by atoms with Crippen LogP contribution >= 0.6 is 0 Å². The van der Waals surface area contributed by atoms with Gasteiger partial charge in [-0.1, -0.05) is 42.5 Å². The molecule has 0 aliphatic carbocycles. The van der Waals surface area contributed by atoms with E-state index in [0.717, 1.165) is 16.3 Å². The zero-order chi connectivity index (χ0) is 17.1. The van der Waals surface area contributed by atoms with Crippen molar-refractivity contribution in [2.24, 2.45) is 0 Å². The summed E-state index contributed by atoms with van der Waals surface area (Å²) < 4.78 is 5.93. The van der Waals surface area contributed by atoms with Crippen molar-refractivity contribution >= 4 is 22.5 Å². The van der Waals surface area contributed by atoms with E-state index in [4.69, 9.17) is 9.84 Å². The third kappa shape index (κ3) is 3.13.